The van der Waals surface area contributed by atoms with Gasteiger partial charge in [-0.15, -0.1) is 0 Å². The van der Waals surface area contributed by atoms with Crippen LogP contribution in [-0.2, 0) is 6.54 Å². The van der Waals surface area contributed by atoms with E-state index in [9.17, 15) is 4.79 Å². The summed E-state index contributed by atoms with van der Waals surface area (Å²) in [6.07, 6.45) is 5.72. The molecule has 1 heterocycles. The molecule has 1 fully saturated rings. The molecule has 0 unspecified atom stereocenters. The maximum Gasteiger partial charge on any atom is 0.315 e. The summed E-state index contributed by atoms with van der Waals surface area (Å²) in [6.45, 7) is 2.56. The predicted molar refractivity (Wildman–Crippen MR) is 113 cm³/mol. The maximum atomic E-state index is 12.1. The molecule has 2 amide bonds. The van der Waals surface area contributed by atoms with Crippen LogP contribution in [0.15, 0.2) is 36.5 Å². The number of carbonyl (C=O) groups is 1. The Labute approximate surface area is 167 Å². The summed E-state index contributed by atoms with van der Waals surface area (Å²) in [5.41, 5.74) is 2.16. The molecule has 0 bridgehead atoms. The van der Waals surface area contributed by atoms with Crippen molar-refractivity contribution in [3.63, 3.8) is 0 Å². The van der Waals surface area contributed by atoms with Crippen LogP contribution in [0.3, 0.4) is 0 Å². The van der Waals surface area contributed by atoms with Gasteiger partial charge in [-0.05, 0) is 38.2 Å². The summed E-state index contributed by atoms with van der Waals surface area (Å²) >= 11 is 0. The molecule has 150 valence electrons. The predicted octanol–water partition coefficient (Wildman–Crippen LogP) is 3.07. The van der Waals surface area contributed by atoms with E-state index in [1.165, 1.54) is 0 Å². The van der Waals surface area contributed by atoms with Gasteiger partial charge in [0, 0.05) is 44.5 Å². The molecule has 7 heteroatoms. The molecule has 2 aromatic rings. The number of benzene rings is 1. The third kappa shape index (κ3) is 5.58. The van der Waals surface area contributed by atoms with Gasteiger partial charge in [-0.25, -0.2) is 9.78 Å². The molecule has 3 rings (SSSR count). The Morgan fingerprint density at radius 2 is 1.79 bits per heavy atom. The van der Waals surface area contributed by atoms with Crippen LogP contribution in [-0.4, -0.2) is 42.2 Å². The number of aryl methyl sites for hydroxylation is 1. The average molecular weight is 383 g/mol. The quantitative estimate of drug-likeness (QED) is 0.715. The van der Waals surface area contributed by atoms with Crippen LogP contribution in [0.5, 0.6) is 0 Å². The van der Waals surface area contributed by atoms with Gasteiger partial charge in [0.1, 0.15) is 5.82 Å². The fraction of sp³-hybridized carbons (Fsp3) is 0.476. The minimum Gasteiger partial charge on any atom is -0.362 e. The highest BCUT2D eigenvalue weighted by molar-refractivity contribution is 5.74. The molecule has 1 aliphatic rings. The highest BCUT2D eigenvalue weighted by Gasteiger charge is 2.23. The SMILES string of the molecule is Cc1cnc(N[C@H]2CC[C@@H](NC(=O)NCc3ccccc3)CC2)nc1N(C)C. The number of hydrogen-bond acceptors (Lipinski definition) is 5. The Morgan fingerprint density at radius 1 is 1.11 bits per heavy atom. The second kappa shape index (κ2) is 9.39. The molecule has 0 radical (unpaired) electrons. The molecule has 0 aliphatic heterocycles. The highest BCUT2D eigenvalue weighted by atomic mass is 16.2. The molecule has 0 atom stereocenters. The second-order valence-corrected chi connectivity index (χ2v) is 7.60. The van der Waals surface area contributed by atoms with Crippen LogP contribution in [0.1, 0.15) is 36.8 Å². The summed E-state index contributed by atoms with van der Waals surface area (Å²) in [4.78, 5) is 23.1. The third-order valence-electron chi connectivity index (χ3n) is 5.06. The van der Waals surface area contributed by atoms with Crippen molar-refractivity contribution in [2.45, 2.75) is 51.2 Å². The van der Waals surface area contributed by atoms with Gasteiger partial charge in [0.15, 0.2) is 0 Å². The van der Waals surface area contributed by atoms with Crippen LogP contribution in [0.25, 0.3) is 0 Å². The molecule has 3 N–H and O–H groups in total. The standard InChI is InChI=1S/C21H30N6O/c1-15-13-22-20(26-19(15)27(2)3)24-17-9-11-18(12-10-17)25-21(28)23-14-16-7-5-4-6-8-16/h4-8,13,17-18H,9-12,14H2,1-3H3,(H,22,24,26)(H2,23,25,28)/t17-,18+. The van der Waals surface area contributed by atoms with E-state index in [0.717, 1.165) is 42.6 Å². The molecule has 1 saturated carbocycles. The zero-order valence-corrected chi connectivity index (χ0v) is 16.9. The Morgan fingerprint density at radius 3 is 2.46 bits per heavy atom. The lowest BCUT2D eigenvalue weighted by atomic mass is 9.91. The fourth-order valence-corrected chi connectivity index (χ4v) is 3.53. The molecule has 1 aromatic heterocycles. The van der Waals surface area contributed by atoms with E-state index < -0.39 is 0 Å². The van der Waals surface area contributed by atoms with Crippen molar-refractivity contribution in [3.8, 4) is 0 Å². The van der Waals surface area contributed by atoms with Gasteiger partial charge in [-0.1, -0.05) is 30.3 Å². The first-order valence-corrected chi connectivity index (χ1v) is 9.87. The molecule has 1 aliphatic carbocycles. The second-order valence-electron chi connectivity index (χ2n) is 7.60. The Bertz CT molecular complexity index is 772. The van der Waals surface area contributed by atoms with Crippen LogP contribution in [0, 0.1) is 6.92 Å². The molecule has 1 aromatic carbocycles. The van der Waals surface area contributed by atoms with E-state index in [4.69, 9.17) is 0 Å². The molecule has 7 nitrogen and oxygen atoms in total. The first-order valence-electron chi connectivity index (χ1n) is 9.87. The first-order chi connectivity index (χ1) is 13.5. The van der Waals surface area contributed by atoms with Crippen LogP contribution < -0.4 is 20.9 Å². The van der Waals surface area contributed by atoms with Crippen LogP contribution >= 0.6 is 0 Å². The molecular weight excluding hydrogens is 352 g/mol. The molecule has 0 saturated heterocycles. The van der Waals surface area contributed by atoms with E-state index in [0.29, 0.717) is 18.5 Å². The van der Waals surface area contributed by atoms with Crippen molar-refractivity contribution < 1.29 is 4.79 Å². The Balaban J connectivity index is 1.42. The van der Waals surface area contributed by atoms with Gasteiger partial charge < -0.3 is 20.9 Å². The lowest BCUT2D eigenvalue weighted by Gasteiger charge is -2.30. The van der Waals surface area contributed by atoms with Crippen molar-refractivity contribution in [1.82, 2.24) is 20.6 Å². The van der Waals surface area contributed by atoms with Gasteiger partial charge in [0.05, 0.1) is 0 Å². The molecule has 0 spiro atoms. The number of carbonyl (C=O) groups excluding carboxylic acids is 1. The van der Waals surface area contributed by atoms with E-state index in [-0.39, 0.29) is 12.1 Å². The number of rotatable bonds is 6. The third-order valence-corrected chi connectivity index (χ3v) is 5.06. The lowest BCUT2D eigenvalue weighted by molar-refractivity contribution is 0.231. The highest BCUT2D eigenvalue weighted by Crippen LogP contribution is 2.22. The summed E-state index contributed by atoms with van der Waals surface area (Å²) < 4.78 is 0. The normalized spacial score (nSPS) is 19.0. The van der Waals surface area contributed by atoms with Crippen molar-refractivity contribution in [1.29, 1.82) is 0 Å². The van der Waals surface area contributed by atoms with Gasteiger partial charge in [0.2, 0.25) is 5.95 Å². The maximum absolute atomic E-state index is 12.1. The summed E-state index contributed by atoms with van der Waals surface area (Å²) in [6, 6.07) is 10.4. The number of amides is 2. The smallest absolute Gasteiger partial charge is 0.315 e. The van der Waals surface area contributed by atoms with Gasteiger partial charge in [-0.2, -0.15) is 4.98 Å². The van der Waals surface area contributed by atoms with Gasteiger partial charge in [0.25, 0.3) is 0 Å². The van der Waals surface area contributed by atoms with E-state index >= 15 is 0 Å². The molecule has 28 heavy (non-hydrogen) atoms. The lowest BCUT2D eigenvalue weighted by Crippen LogP contribution is -2.44. The van der Waals surface area contributed by atoms with Crippen LogP contribution in [0.2, 0.25) is 0 Å². The van der Waals surface area contributed by atoms with E-state index in [1.54, 1.807) is 0 Å². The van der Waals surface area contributed by atoms with E-state index in [2.05, 4.69) is 25.9 Å². The Hall–Kier alpha value is -2.83. The number of nitrogens with zero attached hydrogens (tertiary/aromatic N) is 3. The number of urea groups is 1. The van der Waals surface area contributed by atoms with Crippen molar-refractivity contribution in [3.05, 3.63) is 47.7 Å². The van der Waals surface area contributed by atoms with Gasteiger partial charge >= 0.3 is 6.03 Å². The van der Waals surface area contributed by atoms with Gasteiger partial charge in [-0.3, -0.25) is 0 Å². The largest absolute Gasteiger partial charge is 0.362 e. The number of aromatic nitrogens is 2. The molecular formula is C21H30N6O. The number of hydrogen-bond donors (Lipinski definition) is 3. The zero-order chi connectivity index (χ0) is 19.9. The fourth-order valence-electron chi connectivity index (χ4n) is 3.53. The summed E-state index contributed by atoms with van der Waals surface area (Å²) in [5, 5.41) is 9.46. The Kier molecular flexibility index (Phi) is 6.68. The average Bonchev–Trinajstić information content (AvgIpc) is 2.70. The monoisotopic (exact) mass is 382 g/mol. The van der Waals surface area contributed by atoms with Crippen molar-refractivity contribution >= 4 is 17.8 Å². The first kappa shape index (κ1) is 19.9. The minimum atomic E-state index is -0.0993. The number of nitrogens with one attached hydrogen (secondary N) is 3. The minimum absolute atomic E-state index is 0.0993. The summed E-state index contributed by atoms with van der Waals surface area (Å²) in [7, 11) is 3.97. The zero-order valence-electron chi connectivity index (χ0n) is 16.9. The summed E-state index contributed by atoms with van der Waals surface area (Å²) in [5.74, 6) is 1.61. The van der Waals surface area contributed by atoms with Crippen LogP contribution in [0.4, 0.5) is 16.6 Å². The topological polar surface area (TPSA) is 82.2 Å². The van der Waals surface area contributed by atoms with E-state index in [1.807, 2.05) is 62.4 Å². The van der Waals surface area contributed by atoms with Crippen molar-refractivity contribution in [2.24, 2.45) is 0 Å². The number of anilines is 2. The van der Waals surface area contributed by atoms with Crippen molar-refractivity contribution in [2.75, 3.05) is 24.3 Å².